The Bertz CT molecular complexity index is 552. The van der Waals surface area contributed by atoms with Gasteiger partial charge >= 0.3 is 0 Å². The first-order chi connectivity index (χ1) is 9.78. The summed E-state index contributed by atoms with van der Waals surface area (Å²) in [7, 11) is 0. The van der Waals surface area contributed by atoms with Crippen LogP contribution in [0.1, 0.15) is 55.5 Å². The molecule has 0 aromatic carbocycles. The minimum absolute atomic E-state index is 0.116. The number of aromatic nitrogens is 2. The minimum atomic E-state index is 0.116. The molecule has 2 heterocycles. The Labute approximate surface area is 123 Å². The molecule has 2 aromatic heterocycles. The predicted octanol–water partition coefficient (Wildman–Crippen LogP) is 3.74. The second-order valence-electron chi connectivity index (χ2n) is 5.39. The van der Waals surface area contributed by atoms with E-state index in [1.165, 1.54) is 36.1 Å². The van der Waals surface area contributed by atoms with Crippen molar-refractivity contribution in [1.82, 2.24) is 15.5 Å². The molecule has 1 N–H and O–H groups in total. The third kappa shape index (κ3) is 2.79. The Kier molecular flexibility index (Phi) is 4.17. The summed E-state index contributed by atoms with van der Waals surface area (Å²) in [6, 6.07) is 2.35. The first-order valence-corrected chi connectivity index (χ1v) is 8.28. The summed E-state index contributed by atoms with van der Waals surface area (Å²) in [5.74, 6) is 1.35. The number of aryl methyl sites for hydroxylation is 2. The molecule has 0 spiro atoms. The van der Waals surface area contributed by atoms with Crippen molar-refractivity contribution in [3.05, 3.63) is 22.4 Å². The van der Waals surface area contributed by atoms with Gasteiger partial charge < -0.3 is 9.73 Å². The molecule has 0 saturated carbocycles. The predicted molar refractivity (Wildman–Crippen MR) is 81.0 cm³/mol. The Balaban J connectivity index is 1.77. The van der Waals surface area contributed by atoms with Crippen molar-refractivity contribution in [2.45, 2.75) is 52.0 Å². The van der Waals surface area contributed by atoms with Gasteiger partial charge in [-0.3, -0.25) is 0 Å². The van der Waals surface area contributed by atoms with Crippen LogP contribution in [0.3, 0.4) is 0 Å². The second kappa shape index (κ2) is 6.06. The number of rotatable bonds is 5. The molecule has 1 aliphatic rings. The van der Waals surface area contributed by atoms with Crippen molar-refractivity contribution in [3.63, 3.8) is 0 Å². The number of thiophene rings is 1. The summed E-state index contributed by atoms with van der Waals surface area (Å²) < 4.78 is 5.83. The molecule has 0 saturated heterocycles. The zero-order valence-electron chi connectivity index (χ0n) is 12.1. The molecule has 1 aliphatic carbocycles. The van der Waals surface area contributed by atoms with E-state index in [2.05, 4.69) is 35.4 Å². The lowest BCUT2D eigenvalue weighted by atomic mass is 9.99. The number of hydrogen-bond donors (Lipinski definition) is 1. The Morgan fingerprint density at radius 2 is 2.20 bits per heavy atom. The van der Waals surface area contributed by atoms with Crippen LogP contribution in [-0.2, 0) is 12.8 Å². The van der Waals surface area contributed by atoms with Crippen LogP contribution < -0.4 is 5.32 Å². The van der Waals surface area contributed by atoms with Gasteiger partial charge in [-0.05, 0) is 57.2 Å². The van der Waals surface area contributed by atoms with Crippen LogP contribution in [0.2, 0.25) is 0 Å². The SMILES string of the molecule is CCCNC(C)c1nnc(-c2cc3c(s2)CCCC3)o1. The van der Waals surface area contributed by atoms with Crippen molar-refractivity contribution in [1.29, 1.82) is 0 Å². The lowest BCUT2D eigenvalue weighted by Crippen LogP contribution is -2.19. The molecule has 0 fully saturated rings. The van der Waals surface area contributed by atoms with Gasteiger partial charge in [-0.15, -0.1) is 21.5 Å². The standard InChI is InChI=1S/C15H21N3OS/c1-3-8-16-10(2)14-17-18-15(19-14)13-9-11-6-4-5-7-12(11)20-13/h9-10,16H,3-8H2,1-2H3. The highest BCUT2D eigenvalue weighted by atomic mass is 32.1. The van der Waals surface area contributed by atoms with Crippen molar-refractivity contribution in [3.8, 4) is 10.8 Å². The van der Waals surface area contributed by atoms with Gasteiger partial charge in [0.25, 0.3) is 5.89 Å². The van der Waals surface area contributed by atoms with Gasteiger partial charge in [0, 0.05) is 4.88 Å². The summed E-state index contributed by atoms with van der Waals surface area (Å²) in [5.41, 5.74) is 1.48. The van der Waals surface area contributed by atoms with Gasteiger partial charge in [-0.25, -0.2) is 0 Å². The Morgan fingerprint density at radius 1 is 1.35 bits per heavy atom. The molecule has 1 unspecified atom stereocenters. The monoisotopic (exact) mass is 291 g/mol. The third-order valence-electron chi connectivity index (χ3n) is 3.72. The van der Waals surface area contributed by atoms with Gasteiger partial charge in [-0.1, -0.05) is 6.92 Å². The van der Waals surface area contributed by atoms with E-state index in [-0.39, 0.29) is 6.04 Å². The average molecular weight is 291 g/mol. The number of nitrogens with zero attached hydrogens (tertiary/aromatic N) is 2. The topological polar surface area (TPSA) is 51.0 Å². The van der Waals surface area contributed by atoms with Crippen LogP contribution >= 0.6 is 11.3 Å². The van der Waals surface area contributed by atoms with Gasteiger partial charge in [-0.2, -0.15) is 0 Å². The van der Waals surface area contributed by atoms with E-state index in [1.54, 1.807) is 0 Å². The van der Waals surface area contributed by atoms with Crippen LogP contribution in [0.15, 0.2) is 10.5 Å². The smallest absolute Gasteiger partial charge is 0.257 e. The molecule has 0 radical (unpaired) electrons. The van der Waals surface area contributed by atoms with Gasteiger partial charge in [0.2, 0.25) is 5.89 Å². The quantitative estimate of drug-likeness (QED) is 0.911. The molecule has 2 aromatic rings. The average Bonchev–Trinajstić information content (AvgIpc) is 3.10. The van der Waals surface area contributed by atoms with E-state index in [1.807, 2.05) is 11.3 Å². The molecule has 20 heavy (non-hydrogen) atoms. The molecular weight excluding hydrogens is 270 g/mol. The Hall–Kier alpha value is -1.20. The fraction of sp³-hybridized carbons (Fsp3) is 0.600. The normalized spacial score (nSPS) is 16.1. The van der Waals surface area contributed by atoms with E-state index in [0.29, 0.717) is 11.8 Å². The van der Waals surface area contributed by atoms with Crippen LogP contribution in [0.4, 0.5) is 0 Å². The maximum absolute atomic E-state index is 5.83. The summed E-state index contributed by atoms with van der Waals surface area (Å²) in [6.45, 7) is 5.17. The lowest BCUT2D eigenvalue weighted by molar-refractivity contribution is 0.423. The van der Waals surface area contributed by atoms with E-state index in [0.717, 1.165) is 17.8 Å². The van der Waals surface area contributed by atoms with Gasteiger partial charge in [0.1, 0.15) is 0 Å². The lowest BCUT2D eigenvalue weighted by Gasteiger charge is -2.08. The fourth-order valence-corrected chi connectivity index (χ4v) is 3.73. The van der Waals surface area contributed by atoms with Crippen LogP contribution in [0, 0.1) is 0 Å². The molecular formula is C15H21N3OS. The van der Waals surface area contributed by atoms with E-state index >= 15 is 0 Å². The first-order valence-electron chi connectivity index (χ1n) is 7.46. The van der Waals surface area contributed by atoms with Crippen LogP contribution in [0.5, 0.6) is 0 Å². The summed E-state index contributed by atoms with van der Waals surface area (Å²) in [6.07, 6.45) is 6.11. The molecule has 3 rings (SSSR count). The molecule has 1 atom stereocenters. The third-order valence-corrected chi connectivity index (χ3v) is 4.94. The molecule has 0 aliphatic heterocycles. The minimum Gasteiger partial charge on any atom is -0.418 e. The first kappa shape index (κ1) is 13.8. The molecule has 0 bridgehead atoms. The van der Waals surface area contributed by atoms with Gasteiger partial charge in [0.05, 0.1) is 10.9 Å². The maximum atomic E-state index is 5.83. The fourth-order valence-electron chi connectivity index (χ4n) is 2.55. The Morgan fingerprint density at radius 3 is 3.00 bits per heavy atom. The molecule has 4 nitrogen and oxygen atoms in total. The second-order valence-corrected chi connectivity index (χ2v) is 6.52. The summed E-state index contributed by atoms with van der Waals surface area (Å²) in [5, 5.41) is 11.8. The van der Waals surface area contributed by atoms with Crippen LogP contribution in [-0.4, -0.2) is 16.7 Å². The van der Waals surface area contributed by atoms with E-state index in [4.69, 9.17) is 4.42 Å². The van der Waals surface area contributed by atoms with E-state index in [9.17, 15) is 0 Å². The zero-order chi connectivity index (χ0) is 13.9. The molecule has 0 amide bonds. The highest BCUT2D eigenvalue weighted by Gasteiger charge is 2.19. The highest BCUT2D eigenvalue weighted by Crippen LogP contribution is 2.35. The molecule has 108 valence electrons. The van der Waals surface area contributed by atoms with E-state index < -0.39 is 0 Å². The summed E-state index contributed by atoms with van der Waals surface area (Å²) in [4.78, 5) is 2.63. The van der Waals surface area contributed by atoms with Crippen molar-refractivity contribution in [2.24, 2.45) is 0 Å². The van der Waals surface area contributed by atoms with Crippen molar-refractivity contribution in [2.75, 3.05) is 6.54 Å². The number of hydrogen-bond acceptors (Lipinski definition) is 5. The maximum Gasteiger partial charge on any atom is 0.257 e. The van der Waals surface area contributed by atoms with Crippen molar-refractivity contribution >= 4 is 11.3 Å². The summed E-state index contributed by atoms with van der Waals surface area (Å²) >= 11 is 1.81. The van der Waals surface area contributed by atoms with Crippen molar-refractivity contribution < 1.29 is 4.42 Å². The number of fused-ring (bicyclic) bond motifs is 1. The van der Waals surface area contributed by atoms with Gasteiger partial charge in [0.15, 0.2) is 0 Å². The largest absolute Gasteiger partial charge is 0.418 e. The zero-order valence-corrected chi connectivity index (χ0v) is 12.9. The van der Waals surface area contributed by atoms with Crippen LogP contribution in [0.25, 0.3) is 10.8 Å². The highest BCUT2D eigenvalue weighted by molar-refractivity contribution is 7.15. The number of nitrogens with one attached hydrogen (secondary N) is 1. The molecule has 5 heteroatoms.